The van der Waals surface area contributed by atoms with Gasteiger partial charge >= 0.3 is 12.6 Å². The minimum absolute atomic E-state index is 0.00000592. The number of alkyl halides is 2. The third-order valence-electron chi connectivity index (χ3n) is 8.30. The van der Waals surface area contributed by atoms with Crippen LogP contribution in [-0.4, -0.2) is 67.1 Å². The highest BCUT2D eigenvalue weighted by Crippen LogP contribution is 2.38. The average Bonchev–Trinajstić information content (AvgIpc) is 3.90. The van der Waals surface area contributed by atoms with E-state index in [0.29, 0.717) is 21.7 Å². The van der Waals surface area contributed by atoms with Crippen molar-refractivity contribution in [3.63, 3.8) is 0 Å². The van der Waals surface area contributed by atoms with Crippen LogP contribution >= 0.6 is 23.2 Å². The van der Waals surface area contributed by atoms with Crippen molar-refractivity contribution in [2.24, 2.45) is 5.92 Å². The zero-order chi connectivity index (χ0) is 37.2. The zero-order valence-electron chi connectivity index (χ0n) is 27.4. The van der Waals surface area contributed by atoms with Crippen LogP contribution < -0.4 is 13.8 Å². The molecular formula is C35H30Cl2F2N4O8S. The molecular weight excluding hydrogens is 745 g/mol. The first kappa shape index (κ1) is 36.9. The second-order valence-electron chi connectivity index (χ2n) is 12.1. The van der Waals surface area contributed by atoms with E-state index < -0.39 is 47.1 Å². The van der Waals surface area contributed by atoms with Gasteiger partial charge in [0.15, 0.2) is 11.5 Å². The molecule has 17 heteroatoms. The summed E-state index contributed by atoms with van der Waals surface area (Å²) in [7, 11) is -3.85. The van der Waals surface area contributed by atoms with Crippen molar-refractivity contribution >= 4 is 56.7 Å². The van der Waals surface area contributed by atoms with E-state index in [1.807, 2.05) is 0 Å². The van der Waals surface area contributed by atoms with Gasteiger partial charge in [-0.15, -0.1) is 0 Å². The molecule has 1 atom stereocenters. The van der Waals surface area contributed by atoms with Gasteiger partial charge in [-0.1, -0.05) is 35.3 Å². The highest BCUT2D eigenvalue weighted by atomic mass is 35.5. The van der Waals surface area contributed by atoms with Crippen LogP contribution in [0.2, 0.25) is 10.0 Å². The molecule has 272 valence electrons. The van der Waals surface area contributed by atoms with Crippen LogP contribution in [0.25, 0.3) is 0 Å². The lowest BCUT2D eigenvalue weighted by Gasteiger charge is -2.23. The molecule has 1 aliphatic carbocycles. The van der Waals surface area contributed by atoms with Gasteiger partial charge < -0.3 is 14.2 Å². The van der Waals surface area contributed by atoms with Crippen molar-refractivity contribution in [2.75, 3.05) is 23.7 Å². The molecule has 0 unspecified atom stereocenters. The van der Waals surface area contributed by atoms with E-state index in [-0.39, 0.29) is 63.8 Å². The van der Waals surface area contributed by atoms with Crippen molar-refractivity contribution in [2.45, 2.75) is 38.5 Å². The van der Waals surface area contributed by atoms with Gasteiger partial charge in [0, 0.05) is 25.0 Å². The number of anilines is 1. The van der Waals surface area contributed by atoms with Gasteiger partial charge in [-0.2, -0.15) is 8.78 Å². The number of carbonyl (C=O) groups is 3. The summed E-state index contributed by atoms with van der Waals surface area (Å²) in [5.41, 5.74) is 1.07. The Morgan fingerprint density at radius 3 is 2.38 bits per heavy atom. The van der Waals surface area contributed by atoms with E-state index in [1.165, 1.54) is 55.0 Å². The number of sulfonamides is 1. The summed E-state index contributed by atoms with van der Waals surface area (Å²) in [6.07, 6.45) is 5.81. The summed E-state index contributed by atoms with van der Waals surface area (Å²) < 4.78 is 69.2. The number of esters is 1. The smallest absolute Gasteiger partial charge is 0.387 e. The Morgan fingerprint density at radius 2 is 1.73 bits per heavy atom. The summed E-state index contributed by atoms with van der Waals surface area (Å²) in [6, 6.07) is 13.1. The average molecular weight is 776 g/mol. The van der Waals surface area contributed by atoms with Crippen LogP contribution in [0.4, 0.5) is 14.5 Å². The van der Waals surface area contributed by atoms with Crippen molar-refractivity contribution in [3.05, 3.63) is 111 Å². The highest BCUT2D eigenvalue weighted by Gasteiger charge is 2.38. The predicted octanol–water partition coefficient (Wildman–Crippen LogP) is 6.26. The van der Waals surface area contributed by atoms with Crippen molar-refractivity contribution in [1.82, 2.24) is 14.9 Å². The molecule has 12 nitrogen and oxygen atoms in total. The maximum Gasteiger partial charge on any atom is 0.387 e. The SMILES string of the molecule is CS(=O)(=O)N(Cc1ccccn1)c1ccc2c(c1)C(=O)N(CC(=O)O[C@@H](Cc1c(Cl)cncc1Cl)c1ccc(OC(F)F)c(OCC3CC3)c1)C2=O. The number of pyridine rings is 2. The van der Waals surface area contributed by atoms with Crippen LogP contribution in [0, 0.1) is 5.92 Å². The molecule has 1 fully saturated rings. The Bertz CT molecular complexity index is 2100. The summed E-state index contributed by atoms with van der Waals surface area (Å²) in [6.45, 7) is -3.80. The number of nitrogens with zero attached hydrogens (tertiary/aromatic N) is 4. The monoisotopic (exact) mass is 774 g/mol. The molecule has 2 aromatic carbocycles. The third-order valence-corrected chi connectivity index (χ3v) is 10.1. The van der Waals surface area contributed by atoms with Crippen LogP contribution in [0.15, 0.2) is 73.2 Å². The number of carbonyl (C=O) groups excluding carboxylic acids is 3. The molecule has 0 bridgehead atoms. The van der Waals surface area contributed by atoms with Crippen molar-refractivity contribution in [1.29, 1.82) is 0 Å². The Kier molecular flexibility index (Phi) is 10.9. The number of fused-ring (bicyclic) bond motifs is 1. The standard InChI is InChI=1S/C35H30Cl2F2N4O8S/c1-52(47,48)43(17-22-4-2-3-11-41-22)23-8-9-24-25(13-23)34(46)42(33(24)45)18-32(44)50-30(14-26-27(36)15-40-16-28(26)37)21-7-10-29(51-35(38)39)31(12-21)49-19-20-5-6-20/h2-4,7-13,15-16,20,30,35H,5-6,14,17-19H2,1H3/t30-/m0/s1. The Balaban J connectivity index is 1.25. The van der Waals surface area contributed by atoms with E-state index in [1.54, 1.807) is 18.2 Å². The largest absolute Gasteiger partial charge is 0.489 e. The van der Waals surface area contributed by atoms with Crippen LogP contribution in [-0.2, 0) is 32.5 Å². The molecule has 2 aliphatic rings. The predicted molar refractivity (Wildman–Crippen MR) is 185 cm³/mol. The summed E-state index contributed by atoms with van der Waals surface area (Å²) in [5.74, 6) is -2.57. The first-order valence-corrected chi connectivity index (χ1v) is 18.5. The normalized spacial score (nSPS) is 14.7. The lowest BCUT2D eigenvalue weighted by molar-refractivity contribution is -0.149. The Morgan fingerprint density at radius 1 is 1.00 bits per heavy atom. The highest BCUT2D eigenvalue weighted by molar-refractivity contribution is 7.92. The number of ether oxygens (including phenoxy) is 3. The molecule has 2 aromatic heterocycles. The number of aromatic nitrogens is 2. The van der Waals surface area contributed by atoms with Gasteiger partial charge in [-0.05, 0) is 72.4 Å². The fraction of sp³-hybridized carbons (Fsp3) is 0.286. The summed E-state index contributed by atoms with van der Waals surface area (Å²) in [4.78, 5) is 49.2. The van der Waals surface area contributed by atoms with Gasteiger partial charge in [0.1, 0.15) is 12.6 Å². The molecule has 0 radical (unpaired) electrons. The zero-order valence-corrected chi connectivity index (χ0v) is 29.7. The van der Waals surface area contributed by atoms with E-state index in [4.69, 9.17) is 32.7 Å². The van der Waals surface area contributed by atoms with Gasteiger partial charge in [0.25, 0.3) is 11.8 Å². The van der Waals surface area contributed by atoms with Crippen LogP contribution in [0.3, 0.4) is 0 Å². The van der Waals surface area contributed by atoms with E-state index in [9.17, 15) is 31.6 Å². The van der Waals surface area contributed by atoms with E-state index >= 15 is 0 Å². The molecule has 0 saturated heterocycles. The van der Waals surface area contributed by atoms with E-state index in [0.717, 1.165) is 23.4 Å². The fourth-order valence-electron chi connectivity index (χ4n) is 5.51. The number of amides is 2. The fourth-order valence-corrected chi connectivity index (χ4v) is 6.89. The Hall–Kier alpha value is -4.86. The van der Waals surface area contributed by atoms with Crippen LogP contribution in [0.5, 0.6) is 11.5 Å². The van der Waals surface area contributed by atoms with Gasteiger partial charge in [0.2, 0.25) is 10.0 Å². The van der Waals surface area contributed by atoms with Gasteiger partial charge in [-0.25, -0.2) is 8.42 Å². The Labute approximate surface area is 307 Å². The molecule has 4 aromatic rings. The topological polar surface area (TPSA) is 145 Å². The molecule has 52 heavy (non-hydrogen) atoms. The first-order valence-electron chi connectivity index (χ1n) is 15.8. The molecule has 0 N–H and O–H groups in total. The first-order chi connectivity index (χ1) is 24.8. The quantitative estimate of drug-likeness (QED) is 0.100. The number of rotatable bonds is 15. The molecule has 1 aliphatic heterocycles. The molecule has 1 saturated carbocycles. The maximum atomic E-state index is 13.5. The lowest BCUT2D eigenvalue weighted by Crippen LogP contribution is -2.36. The number of halogens is 4. The second-order valence-corrected chi connectivity index (χ2v) is 14.8. The molecule has 3 heterocycles. The maximum absolute atomic E-state index is 13.5. The second kappa shape index (κ2) is 15.4. The van der Waals surface area contributed by atoms with Gasteiger partial charge in [0.05, 0.1) is 52.0 Å². The van der Waals surface area contributed by atoms with E-state index in [2.05, 4.69) is 14.7 Å². The number of benzene rings is 2. The third kappa shape index (κ3) is 8.60. The minimum Gasteiger partial charge on any atom is -0.489 e. The van der Waals surface area contributed by atoms with Gasteiger partial charge in [-0.3, -0.25) is 33.6 Å². The molecule has 0 spiro atoms. The number of hydrogen-bond donors (Lipinski definition) is 0. The summed E-state index contributed by atoms with van der Waals surface area (Å²) in [5, 5.41) is 0.331. The molecule has 2 amide bonds. The molecule has 6 rings (SSSR count). The van der Waals surface area contributed by atoms with Crippen molar-refractivity contribution < 1.29 is 45.8 Å². The number of hydrogen-bond acceptors (Lipinski definition) is 10. The minimum atomic E-state index is -3.85. The lowest BCUT2D eigenvalue weighted by atomic mass is 10.0. The van der Waals surface area contributed by atoms with Crippen LogP contribution in [0.1, 0.15) is 56.5 Å². The van der Waals surface area contributed by atoms with Crippen molar-refractivity contribution in [3.8, 4) is 11.5 Å². The number of imide groups is 1. The summed E-state index contributed by atoms with van der Waals surface area (Å²) >= 11 is 12.8.